The van der Waals surface area contributed by atoms with Crippen molar-refractivity contribution in [3.63, 3.8) is 0 Å². The van der Waals surface area contributed by atoms with Crippen LogP contribution in [0.2, 0.25) is 0 Å². The van der Waals surface area contributed by atoms with Crippen LogP contribution in [0.1, 0.15) is 27.9 Å². The normalized spacial score (nSPS) is 12.0. The first kappa shape index (κ1) is 16.7. The Hall–Kier alpha value is -3.20. The van der Waals surface area contributed by atoms with Gasteiger partial charge < -0.3 is 10.1 Å². The highest BCUT2D eigenvalue weighted by atomic mass is 16.5. The third-order valence-electron chi connectivity index (χ3n) is 3.51. The molecule has 0 aliphatic carbocycles. The van der Waals surface area contributed by atoms with Crippen LogP contribution < -0.4 is 11.1 Å². The van der Waals surface area contributed by atoms with Crippen LogP contribution in [0.25, 0.3) is 0 Å². The van der Waals surface area contributed by atoms with Crippen molar-refractivity contribution < 1.29 is 14.1 Å². The topological polar surface area (TPSA) is 115 Å². The third-order valence-corrected chi connectivity index (χ3v) is 3.51. The Labute approximate surface area is 142 Å². The van der Waals surface area contributed by atoms with Crippen LogP contribution >= 0.6 is 0 Å². The molecule has 1 unspecified atom stereocenters. The Kier molecular flexibility index (Phi) is 5.05. The lowest BCUT2D eigenvalue weighted by atomic mass is 10.1. The Morgan fingerprint density at radius 1 is 1.36 bits per heavy atom. The SMILES string of the molecule is COCC(NC(=O)c1ccn(Cc2noc(=O)[nH]2)n1)c1ccccc1. The van der Waals surface area contributed by atoms with Gasteiger partial charge in [0.1, 0.15) is 12.2 Å². The van der Waals surface area contributed by atoms with E-state index in [1.807, 2.05) is 30.3 Å². The van der Waals surface area contributed by atoms with Gasteiger partial charge in [-0.15, -0.1) is 0 Å². The van der Waals surface area contributed by atoms with E-state index in [1.165, 1.54) is 4.68 Å². The lowest BCUT2D eigenvalue weighted by Gasteiger charge is -2.17. The van der Waals surface area contributed by atoms with E-state index in [9.17, 15) is 9.59 Å². The monoisotopic (exact) mass is 343 g/mol. The molecule has 0 saturated carbocycles. The zero-order valence-corrected chi connectivity index (χ0v) is 13.5. The Morgan fingerprint density at radius 3 is 2.84 bits per heavy atom. The van der Waals surface area contributed by atoms with Crippen LogP contribution in [0.3, 0.4) is 0 Å². The molecular formula is C16H17N5O4. The van der Waals surface area contributed by atoms with E-state index in [-0.39, 0.29) is 24.2 Å². The predicted octanol–water partition coefficient (Wildman–Crippen LogP) is 0.725. The van der Waals surface area contributed by atoms with E-state index in [0.29, 0.717) is 12.4 Å². The molecule has 0 bridgehead atoms. The molecule has 3 aromatic rings. The molecule has 130 valence electrons. The molecule has 1 amide bonds. The molecule has 0 radical (unpaired) electrons. The Balaban J connectivity index is 1.68. The highest BCUT2D eigenvalue weighted by Gasteiger charge is 2.17. The van der Waals surface area contributed by atoms with E-state index in [0.717, 1.165) is 5.56 Å². The van der Waals surface area contributed by atoms with Gasteiger partial charge in [-0.3, -0.25) is 19.0 Å². The fraction of sp³-hybridized carbons (Fsp3) is 0.250. The van der Waals surface area contributed by atoms with Gasteiger partial charge in [0.15, 0.2) is 5.82 Å². The highest BCUT2D eigenvalue weighted by Crippen LogP contribution is 2.13. The smallest absolute Gasteiger partial charge is 0.382 e. The molecule has 0 aliphatic heterocycles. The molecule has 9 heteroatoms. The van der Waals surface area contributed by atoms with Gasteiger partial charge in [-0.1, -0.05) is 35.5 Å². The zero-order chi connectivity index (χ0) is 17.6. The van der Waals surface area contributed by atoms with Crippen molar-refractivity contribution in [3.8, 4) is 0 Å². The second-order valence-corrected chi connectivity index (χ2v) is 5.33. The number of methoxy groups -OCH3 is 1. The first-order chi connectivity index (χ1) is 12.2. The van der Waals surface area contributed by atoms with Crippen LogP contribution in [0, 0.1) is 0 Å². The highest BCUT2D eigenvalue weighted by molar-refractivity contribution is 5.92. The predicted molar refractivity (Wildman–Crippen MR) is 87.0 cm³/mol. The number of nitrogens with one attached hydrogen (secondary N) is 2. The molecule has 1 atom stereocenters. The van der Waals surface area contributed by atoms with Crippen molar-refractivity contribution in [2.24, 2.45) is 0 Å². The molecule has 0 saturated heterocycles. The maximum Gasteiger partial charge on any atom is 0.438 e. The number of benzene rings is 1. The number of aromatic amines is 1. The summed E-state index contributed by atoms with van der Waals surface area (Å²) >= 11 is 0. The second kappa shape index (κ2) is 7.58. The van der Waals surface area contributed by atoms with Gasteiger partial charge in [-0.25, -0.2) is 4.79 Å². The lowest BCUT2D eigenvalue weighted by molar-refractivity contribution is 0.0890. The zero-order valence-electron chi connectivity index (χ0n) is 13.5. The number of H-pyrrole nitrogens is 1. The summed E-state index contributed by atoms with van der Waals surface area (Å²) in [4.78, 5) is 25.8. The number of carbonyl (C=O) groups is 1. The largest absolute Gasteiger partial charge is 0.438 e. The number of carbonyl (C=O) groups excluding carboxylic acids is 1. The molecule has 0 spiro atoms. The minimum Gasteiger partial charge on any atom is -0.382 e. The molecule has 9 nitrogen and oxygen atoms in total. The molecule has 1 aromatic carbocycles. The molecule has 2 heterocycles. The van der Waals surface area contributed by atoms with E-state index in [2.05, 4.69) is 25.1 Å². The molecule has 2 N–H and O–H groups in total. The Morgan fingerprint density at radius 2 is 2.16 bits per heavy atom. The fourth-order valence-corrected chi connectivity index (χ4v) is 2.36. The number of amides is 1. The van der Waals surface area contributed by atoms with Crippen molar-refractivity contribution in [2.75, 3.05) is 13.7 Å². The first-order valence-corrected chi connectivity index (χ1v) is 7.59. The number of rotatable bonds is 7. The lowest BCUT2D eigenvalue weighted by Crippen LogP contribution is -2.31. The fourth-order valence-electron chi connectivity index (χ4n) is 2.36. The average molecular weight is 343 g/mol. The number of ether oxygens (including phenoxy) is 1. The Bertz CT molecular complexity index is 883. The van der Waals surface area contributed by atoms with E-state index in [1.54, 1.807) is 19.4 Å². The maximum atomic E-state index is 12.4. The van der Waals surface area contributed by atoms with Gasteiger partial charge >= 0.3 is 5.76 Å². The van der Waals surface area contributed by atoms with E-state index < -0.39 is 5.76 Å². The summed E-state index contributed by atoms with van der Waals surface area (Å²) < 4.78 is 11.1. The van der Waals surface area contributed by atoms with Crippen molar-refractivity contribution >= 4 is 5.91 Å². The van der Waals surface area contributed by atoms with Gasteiger partial charge in [0.2, 0.25) is 0 Å². The number of nitrogens with zero attached hydrogens (tertiary/aromatic N) is 3. The second-order valence-electron chi connectivity index (χ2n) is 5.33. The van der Waals surface area contributed by atoms with Crippen molar-refractivity contribution in [2.45, 2.75) is 12.6 Å². The van der Waals surface area contributed by atoms with Crippen LogP contribution in [0.15, 0.2) is 51.9 Å². The summed E-state index contributed by atoms with van der Waals surface area (Å²) in [5.41, 5.74) is 1.19. The van der Waals surface area contributed by atoms with E-state index >= 15 is 0 Å². The van der Waals surface area contributed by atoms with Crippen molar-refractivity contribution in [1.82, 2.24) is 25.2 Å². The minimum atomic E-state index is -0.634. The van der Waals surface area contributed by atoms with Gasteiger partial charge in [0.05, 0.1) is 12.6 Å². The molecule has 0 fully saturated rings. The average Bonchev–Trinajstić information content (AvgIpc) is 3.25. The third kappa shape index (κ3) is 4.21. The summed E-state index contributed by atoms with van der Waals surface area (Å²) in [6.45, 7) is 0.538. The van der Waals surface area contributed by atoms with Crippen molar-refractivity contribution in [3.05, 3.63) is 70.2 Å². The maximum absolute atomic E-state index is 12.4. The summed E-state index contributed by atoms with van der Waals surface area (Å²) in [7, 11) is 1.58. The molecule has 25 heavy (non-hydrogen) atoms. The molecular weight excluding hydrogens is 326 g/mol. The van der Waals surface area contributed by atoms with Crippen LogP contribution in [0.4, 0.5) is 0 Å². The van der Waals surface area contributed by atoms with Gasteiger partial charge in [0, 0.05) is 13.3 Å². The standard InChI is InChI=1S/C16H17N5O4/c1-24-10-13(11-5-3-2-4-6-11)17-15(22)12-7-8-21(19-12)9-14-18-16(23)25-20-14/h2-8,13H,9-10H2,1H3,(H,17,22)(H,18,20,23). The summed E-state index contributed by atoms with van der Waals surface area (Å²) in [6.07, 6.45) is 1.62. The first-order valence-electron chi connectivity index (χ1n) is 7.59. The van der Waals surface area contributed by atoms with Crippen LogP contribution in [0.5, 0.6) is 0 Å². The van der Waals surface area contributed by atoms with E-state index in [4.69, 9.17) is 4.74 Å². The number of aromatic nitrogens is 4. The van der Waals surface area contributed by atoms with Gasteiger partial charge in [0.25, 0.3) is 5.91 Å². The van der Waals surface area contributed by atoms with Crippen molar-refractivity contribution in [1.29, 1.82) is 0 Å². The number of hydrogen-bond acceptors (Lipinski definition) is 6. The van der Waals surface area contributed by atoms with Crippen LogP contribution in [-0.2, 0) is 11.3 Å². The quantitative estimate of drug-likeness (QED) is 0.653. The van der Waals surface area contributed by atoms with Gasteiger partial charge in [-0.2, -0.15) is 5.10 Å². The summed E-state index contributed by atoms with van der Waals surface area (Å²) in [5.74, 6) is -0.634. The molecule has 3 rings (SSSR count). The minimum absolute atomic E-state index is 0.194. The van der Waals surface area contributed by atoms with Crippen LogP contribution in [-0.4, -0.2) is 39.5 Å². The van der Waals surface area contributed by atoms with Gasteiger partial charge in [-0.05, 0) is 11.6 Å². The molecule has 2 aromatic heterocycles. The molecule has 0 aliphatic rings. The summed E-state index contributed by atoms with van der Waals surface area (Å²) in [5, 5.41) is 10.6. The summed E-state index contributed by atoms with van der Waals surface area (Å²) in [6, 6.07) is 10.9. The number of hydrogen-bond donors (Lipinski definition) is 2.